The monoisotopic (exact) mass is 255 g/mol. The number of aliphatic hydroxyl groups excluding tert-OH is 1. The molecule has 5 heteroatoms. The minimum atomic E-state index is -3.38. The third-order valence-corrected chi connectivity index (χ3v) is 4.55. The summed E-state index contributed by atoms with van der Waals surface area (Å²) in [5.74, 6) is -0.225. The Balaban J connectivity index is 1.92. The Labute approximate surface area is 102 Å². The van der Waals surface area contributed by atoms with E-state index in [0.29, 0.717) is 12.6 Å². The smallest absolute Gasteiger partial charge is 0.180 e. The topological polar surface area (TPSA) is 66.4 Å². The first-order valence-corrected chi connectivity index (χ1v) is 7.42. The maximum Gasteiger partial charge on any atom is 0.180 e. The average molecular weight is 255 g/mol. The van der Waals surface area contributed by atoms with E-state index in [-0.39, 0.29) is 10.6 Å². The first-order valence-electron chi connectivity index (χ1n) is 5.77. The summed E-state index contributed by atoms with van der Waals surface area (Å²) in [7, 11) is -3.38. The summed E-state index contributed by atoms with van der Waals surface area (Å²) in [6.07, 6.45) is 1.40. The van der Waals surface area contributed by atoms with Gasteiger partial charge in [0.1, 0.15) is 0 Å². The van der Waals surface area contributed by atoms with Crippen molar-refractivity contribution < 1.29 is 13.5 Å². The van der Waals surface area contributed by atoms with E-state index >= 15 is 0 Å². The van der Waals surface area contributed by atoms with Crippen molar-refractivity contribution in [1.29, 1.82) is 0 Å². The molecule has 0 aliphatic heterocycles. The SMILES string of the molecule is O=S(=O)(CC(O)CNC1CC1)c1ccccc1. The van der Waals surface area contributed by atoms with Crippen molar-refractivity contribution in [2.45, 2.75) is 29.9 Å². The van der Waals surface area contributed by atoms with Crippen molar-refractivity contribution in [2.24, 2.45) is 0 Å². The van der Waals surface area contributed by atoms with Gasteiger partial charge in [0.2, 0.25) is 0 Å². The van der Waals surface area contributed by atoms with Crippen LogP contribution >= 0.6 is 0 Å². The van der Waals surface area contributed by atoms with Gasteiger partial charge < -0.3 is 10.4 Å². The van der Waals surface area contributed by atoms with Crippen LogP contribution in [0.1, 0.15) is 12.8 Å². The molecule has 94 valence electrons. The van der Waals surface area contributed by atoms with Gasteiger partial charge in [-0.1, -0.05) is 18.2 Å². The molecule has 1 aliphatic rings. The van der Waals surface area contributed by atoms with Crippen LogP contribution in [0.5, 0.6) is 0 Å². The van der Waals surface area contributed by atoms with Crippen molar-refractivity contribution in [3.05, 3.63) is 30.3 Å². The van der Waals surface area contributed by atoms with Gasteiger partial charge in [0.25, 0.3) is 0 Å². The lowest BCUT2D eigenvalue weighted by Crippen LogP contribution is -2.33. The lowest BCUT2D eigenvalue weighted by Gasteiger charge is -2.11. The zero-order chi connectivity index (χ0) is 12.3. The zero-order valence-electron chi connectivity index (χ0n) is 9.54. The van der Waals surface area contributed by atoms with Crippen molar-refractivity contribution in [2.75, 3.05) is 12.3 Å². The normalized spacial score (nSPS) is 17.9. The summed E-state index contributed by atoms with van der Waals surface area (Å²) in [5.41, 5.74) is 0. The highest BCUT2D eigenvalue weighted by Crippen LogP contribution is 2.18. The summed E-state index contributed by atoms with van der Waals surface area (Å²) in [6, 6.07) is 8.71. The number of nitrogens with one attached hydrogen (secondary N) is 1. The Hall–Kier alpha value is -0.910. The molecule has 1 atom stereocenters. The van der Waals surface area contributed by atoms with Gasteiger partial charge in [-0.3, -0.25) is 0 Å². The van der Waals surface area contributed by atoms with Gasteiger partial charge >= 0.3 is 0 Å². The number of hydrogen-bond acceptors (Lipinski definition) is 4. The standard InChI is InChI=1S/C12H17NO3S/c14-11(8-13-10-6-7-10)9-17(15,16)12-4-2-1-3-5-12/h1-5,10-11,13-14H,6-9H2. The third-order valence-electron chi connectivity index (χ3n) is 2.73. The molecule has 1 aromatic rings. The highest BCUT2D eigenvalue weighted by atomic mass is 32.2. The highest BCUT2D eigenvalue weighted by molar-refractivity contribution is 7.91. The lowest BCUT2D eigenvalue weighted by molar-refractivity contribution is 0.193. The number of sulfone groups is 1. The van der Waals surface area contributed by atoms with E-state index in [1.807, 2.05) is 0 Å². The number of rotatable bonds is 6. The van der Waals surface area contributed by atoms with Crippen LogP contribution in [0.2, 0.25) is 0 Å². The molecule has 0 amide bonds. The van der Waals surface area contributed by atoms with E-state index in [0.717, 1.165) is 12.8 Å². The molecule has 0 heterocycles. The molecule has 2 rings (SSSR count). The average Bonchev–Trinajstić information content (AvgIpc) is 3.11. The van der Waals surface area contributed by atoms with Gasteiger partial charge in [0.15, 0.2) is 9.84 Å². The fourth-order valence-corrected chi connectivity index (χ4v) is 3.02. The molecule has 4 nitrogen and oxygen atoms in total. The van der Waals surface area contributed by atoms with Crippen molar-refractivity contribution in [3.8, 4) is 0 Å². The molecule has 17 heavy (non-hydrogen) atoms. The summed E-state index contributed by atoms with van der Waals surface area (Å²) >= 11 is 0. The first kappa shape index (κ1) is 12.5. The van der Waals surface area contributed by atoms with Gasteiger partial charge in [-0.05, 0) is 25.0 Å². The van der Waals surface area contributed by atoms with Crippen LogP contribution in [0.15, 0.2) is 35.2 Å². The van der Waals surface area contributed by atoms with E-state index in [9.17, 15) is 13.5 Å². The first-order chi connectivity index (χ1) is 8.08. The summed E-state index contributed by atoms with van der Waals surface area (Å²) < 4.78 is 23.8. The molecule has 0 radical (unpaired) electrons. The molecular weight excluding hydrogens is 238 g/mol. The molecule has 0 bridgehead atoms. The van der Waals surface area contributed by atoms with E-state index < -0.39 is 15.9 Å². The predicted octanol–water partition coefficient (Wildman–Crippen LogP) is 0.573. The second kappa shape index (κ2) is 5.16. The molecule has 1 fully saturated rings. The van der Waals surface area contributed by atoms with Crippen LogP contribution in [-0.4, -0.2) is 38.0 Å². The van der Waals surface area contributed by atoms with E-state index in [2.05, 4.69) is 5.32 Å². The molecule has 1 aliphatic carbocycles. The number of hydrogen-bond donors (Lipinski definition) is 2. The summed E-state index contributed by atoms with van der Waals surface area (Å²) in [4.78, 5) is 0.269. The van der Waals surface area contributed by atoms with Crippen molar-refractivity contribution in [3.63, 3.8) is 0 Å². The van der Waals surface area contributed by atoms with E-state index in [1.54, 1.807) is 30.3 Å². The second-order valence-electron chi connectivity index (χ2n) is 4.43. The van der Waals surface area contributed by atoms with Crippen molar-refractivity contribution >= 4 is 9.84 Å². The van der Waals surface area contributed by atoms with Gasteiger partial charge in [-0.15, -0.1) is 0 Å². The molecule has 2 N–H and O–H groups in total. The Morgan fingerprint density at radius 3 is 2.53 bits per heavy atom. The zero-order valence-corrected chi connectivity index (χ0v) is 10.4. The Morgan fingerprint density at radius 2 is 1.94 bits per heavy atom. The van der Waals surface area contributed by atoms with Gasteiger partial charge in [-0.25, -0.2) is 8.42 Å². The van der Waals surface area contributed by atoms with Crippen LogP contribution in [0, 0.1) is 0 Å². The molecule has 0 aromatic heterocycles. The Kier molecular flexibility index (Phi) is 3.81. The summed E-state index contributed by atoms with van der Waals surface area (Å²) in [6.45, 7) is 0.344. The molecular formula is C12H17NO3S. The minimum Gasteiger partial charge on any atom is -0.391 e. The lowest BCUT2D eigenvalue weighted by atomic mass is 10.4. The quantitative estimate of drug-likeness (QED) is 0.780. The fraction of sp³-hybridized carbons (Fsp3) is 0.500. The van der Waals surface area contributed by atoms with Crippen molar-refractivity contribution in [1.82, 2.24) is 5.32 Å². The van der Waals surface area contributed by atoms with Crippen LogP contribution in [0.4, 0.5) is 0 Å². The predicted molar refractivity (Wildman–Crippen MR) is 65.5 cm³/mol. The van der Waals surface area contributed by atoms with Crippen LogP contribution in [0.3, 0.4) is 0 Å². The fourth-order valence-electron chi connectivity index (χ4n) is 1.63. The van der Waals surface area contributed by atoms with E-state index in [1.165, 1.54) is 0 Å². The maximum absolute atomic E-state index is 11.9. The van der Waals surface area contributed by atoms with Gasteiger partial charge in [0.05, 0.1) is 16.8 Å². The molecule has 0 saturated heterocycles. The highest BCUT2D eigenvalue weighted by Gasteiger charge is 2.24. The second-order valence-corrected chi connectivity index (χ2v) is 6.47. The third kappa shape index (κ3) is 3.80. The van der Waals surface area contributed by atoms with E-state index in [4.69, 9.17) is 0 Å². The van der Waals surface area contributed by atoms with Crippen LogP contribution < -0.4 is 5.32 Å². The van der Waals surface area contributed by atoms with Crippen LogP contribution in [0.25, 0.3) is 0 Å². The molecule has 1 aromatic carbocycles. The summed E-state index contributed by atoms with van der Waals surface area (Å²) in [5, 5.41) is 12.8. The Morgan fingerprint density at radius 1 is 1.29 bits per heavy atom. The maximum atomic E-state index is 11.9. The Bertz CT molecular complexity index is 454. The molecule has 1 unspecified atom stereocenters. The van der Waals surface area contributed by atoms with Gasteiger partial charge in [0, 0.05) is 12.6 Å². The number of aliphatic hydroxyl groups is 1. The molecule has 1 saturated carbocycles. The number of benzene rings is 1. The largest absolute Gasteiger partial charge is 0.391 e. The van der Waals surface area contributed by atoms with Crippen LogP contribution in [-0.2, 0) is 9.84 Å². The minimum absolute atomic E-state index is 0.225. The van der Waals surface area contributed by atoms with Gasteiger partial charge in [-0.2, -0.15) is 0 Å². The molecule has 0 spiro atoms.